The summed E-state index contributed by atoms with van der Waals surface area (Å²) in [5.74, 6) is -5.19. The van der Waals surface area contributed by atoms with Crippen LogP contribution in [0.4, 0.5) is 13.2 Å². The highest BCUT2D eigenvalue weighted by Crippen LogP contribution is 2.52. The number of aliphatic carboxylic acids is 1. The van der Waals surface area contributed by atoms with E-state index in [0.29, 0.717) is 27.6 Å². The maximum atomic E-state index is 13.6. The maximum absolute atomic E-state index is 13.6. The number of rotatable bonds is 5. The average Bonchev–Trinajstić information content (AvgIpc) is 2.66. The largest absolute Gasteiger partial charge is 0.508 e. The van der Waals surface area contributed by atoms with E-state index in [-0.39, 0.29) is 11.6 Å². The van der Waals surface area contributed by atoms with Crippen LogP contribution in [0, 0.1) is 5.82 Å². The van der Waals surface area contributed by atoms with Crippen molar-refractivity contribution in [2.24, 2.45) is 0 Å². The average molecular weight is 417 g/mol. The molecule has 0 bridgehead atoms. The first kappa shape index (κ1) is 20.0. The highest BCUT2D eigenvalue weighted by molar-refractivity contribution is 6.01. The molecule has 1 atom stereocenters. The zero-order valence-electron chi connectivity index (χ0n) is 15.9. The summed E-state index contributed by atoms with van der Waals surface area (Å²) < 4.78 is 46.2. The van der Waals surface area contributed by atoms with Crippen LogP contribution in [0.5, 0.6) is 11.6 Å². The molecule has 156 valence electrons. The number of carboxylic acids is 1. The third-order valence-electron chi connectivity index (χ3n) is 5.23. The second-order valence-electron chi connectivity index (χ2n) is 7.47. The number of phenolic OH excluding ortho intramolecular Hbond substituents is 1. The van der Waals surface area contributed by atoms with Gasteiger partial charge in [0, 0.05) is 29.7 Å². The molecule has 0 spiro atoms. The van der Waals surface area contributed by atoms with Crippen molar-refractivity contribution in [3.05, 3.63) is 54.0 Å². The Morgan fingerprint density at radius 2 is 1.83 bits per heavy atom. The normalized spacial score (nSPS) is 16.8. The van der Waals surface area contributed by atoms with Crippen LogP contribution >= 0.6 is 0 Å². The summed E-state index contributed by atoms with van der Waals surface area (Å²) in [5, 5.41) is 20.0. The van der Waals surface area contributed by atoms with E-state index in [0.717, 1.165) is 0 Å². The second-order valence-corrected chi connectivity index (χ2v) is 7.47. The van der Waals surface area contributed by atoms with Crippen LogP contribution in [0.2, 0.25) is 0 Å². The van der Waals surface area contributed by atoms with Crippen LogP contribution in [0.25, 0.3) is 21.9 Å². The number of phenols is 1. The first-order valence-electron chi connectivity index (χ1n) is 9.34. The molecule has 4 rings (SSSR count). The summed E-state index contributed by atoms with van der Waals surface area (Å²) >= 11 is 0. The smallest absolute Gasteiger partial charge is 0.344 e. The van der Waals surface area contributed by atoms with E-state index in [9.17, 15) is 28.2 Å². The highest BCUT2D eigenvalue weighted by Gasteiger charge is 2.47. The number of hydrogen-bond donors (Lipinski definition) is 2. The Hall–Kier alpha value is -3.29. The number of fused-ring (bicyclic) bond motifs is 1. The van der Waals surface area contributed by atoms with Crippen molar-refractivity contribution in [2.45, 2.75) is 37.7 Å². The minimum atomic E-state index is -2.80. The molecule has 1 aliphatic rings. The Balaban J connectivity index is 1.97. The van der Waals surface area contributed by atoms with Gasteiger partial charge in [-0.05, 0) is 48.2 Å². The van der Waals surface area contributed by atoms with Gasteiger partial charge in [-0.2, -0.15) is 0 Å². The van der Waals surface area contributed by atoms with Crippen LogP contribution in [0.1, 0.15) is 31.4 Å². The standard InChI is InChI=1S/C22H18F3NO4/c1-11(21(28)29)30-20-17-8-15(27)6-7-16(17)18(12-2-4-14(23)5-3-12)19(26-20)13-9-22(24,25)10-13/h2-8,11,13,27H,9-10H2,1H3,(H,28,29)/t11-/m0/s1. The van der Waals surface area contributed by atoms with Crippen LogP contribution in [-0.4, -0.2) is 33.2 Å². The van der Waals surface area contributed by atoms with Gasteiger partial charge in [0.25, 0.3) is 0 Å². The van der Waals surface area contributed by atoms with E-state index in [1.807, 2.05) is 0 Å². The Bertz CT molecular complexity index is 1120. The topological polar surface area (TPSA) is 79.7 Å². The van der Waals surface area contributed by atoms with Gasteiger partial charge >= 0.3 is 5.97 Å². The minimum Gasteiger partial charge on any atom is -0.508 e. The van der Waals surface area contributed by atoms with Crippen molar-refractivity contribution >= 4 is 16.7 Å². The molecular weight excluding hydrogens is 399 g/mol. The molecule has 5 nitrogen and oxygen atoms in total. The zero-order chi connectivity index (χ0) is 21.6. The monoisotopic (exact) mass is 417 g/mol. The number of aromatic nitrogens is 1. The predicted molar refractivity (Wildman–Crippen MR) is 103 cm³/mol. The van der Waals surface area contributed by atoms with Gasteiger partial charge in [-0.25, -0.2) is 22.9 Å². The van der Waals surface area contributed by atoms with Gasteiger partial charge in [-0.15, -0.1) is 0 Å². The molecule has 2 aromatic carbocycles. The van der Waals surface area contributed by atoms with Gasteiger partial charge in [-0.1, -0.05) is 12.1 Å². The van der Waals surface area contributed by atoms with Crippen molar-refractivity contribution in [2.75, 3.05) is 0 Å². The van der Waals surface area contributed by atoms with Crippen LogP contribution in [0.15, 0.2) is 42.5 Å². The molecule has 0 aliphatic heterocycles. The van der Waals surface area contributed by atoms with Gasteiger partial charge in [0.05, 0.1) is 5.69 Å². The lowest BCUT2D eigenvalue weighted by atomic mass is 9.76. The maximum Gasteiger partial charge on any atom is 0.344 e. The lowest BCUT2D eigenvalue weighted by molar-refractivity contribution is -0.144. The zero-order valence-corrected chi connectivity index (χ0v) is 15.9. The quantitative estimate of drug-likeness (QED) is 0.603. The van der Waals surface area contributed by atoms with Crippen molar-refractivity contribution in [3.63, 3.8) is 0 Å². The number of halogens is 3. The molecule has 3 aromatic rings. The summed E-state index contributed by atoms with van der Waals surface area (Å²) in [6.45, 7) is 1.32. The van der Waals surface area contributed by atoms with Crippen LogP contribution in [0.3, 0.4) is 0 Å². The number of hydrogen-bond acceptors (Lipinski definition) is 4. The molecular formula is C22H18F3NO4. The van der Waals surface area contributed by atoms with Gasteiger partial charge in [0.15, 0.2) is 6.10 Å². The summed E-state index contributed by atoms with van der Waals surface area (Å²) in [7, 11) is 0. The molecule has 1 aromatic heterocycles. The summed E-state index contributed by atoms with van der Waals surface area (Å²) in [4.78, 5) is 15.7. The Labute approximate surface area is 169 Å². The number of benzene rings is 2. The number of nitrogens with zero attached hydrogens (tertiary/aromatic N) is 1. The number of carboxylic acid groups (broad SMARTS) is 1. The number of ether oxygens (including phenoxy) is 1. The molecule has 1 aliphatic carbocycles. The summed E-state index contributed by atoms with van der Waals surface area (Å²) in [5.41, 5.74) is 1.43. The van der Waals surface area contributed by atoms with Gasteiger partial charge in [0.1, 0.15) is 11.6 Å². The number of aromatic hydroxyl groups is 1. The summed E-state index contributed by atoms with van der Waals surface area (Å²) in [6.07, 6.45) is -2.03. The molecule has 2 N–H and O–H groups in total. The molecule has 0 radical (unpaired) electrons. The van der Waals surface area contributed by atoms with Crippen molar-refractivity contribution in [3.8, 4) is 22.8 Å². The van der Waals surface area contributed by atoms with E-state index in [2.05, 4.69) is 4.98 Å². The highest BCUT2D eigenvalue weighted by atomic mass is 19.3. The second kappa shape index (κ2) is 7.19. The number of alkyl halides is 2. The lowest BCUT2D eigenvalue weighted by Crippen LogP contribution is -2.34. The molecule has 1 fully saturated rings. The fourth-order valence-corrected chi connectivity index (χ4v) is 3.67. The Morgan fingerprint density at radius 3 is 2.43 bits per heavy atom. The fraction of sp³-hybridized carbons (Fsp3) is 0.273. The van der Waals surface area contributed by atoms with Gasteiger partial charge < -0.3 is 14.9 Å². The van der Waals surface area contributed by atoms with Crippen molar-refractivity contribution < 1.29 is 32.9 Å². The molecule has 0 saturated heterocycles. The molecule has 0 unspecified atom stereocenters. The van der Waals surface area contributed by atoms with E-state index in [1.165, 1.54) is 43.3 Å². The molecule has 8 heteroatoms. The number of pyridine rings is 1. The molecule has 1 heterocycles. The van der Waals surface area contributed by atoms with Gasteiger partial charge in [0.2, 0.25) is 11.8 Å². The first-order valence-corrected chi connectivity index (χ1v) is 9.34. The van der Waals surface area contributed by atoms with E-state index in [1.54, 1.807) is 6.07 Å². The van der Waals surface area contributed by atoms with Crippen molar-refractivity contribution in [1.82, 2.24) is 4.98 Å². The van der Waals surface area contributed by atoms with Crippen LogP contribution < -0.4 is 4.74 Å². The van der Waals surface area contributed by atoms with Crippen molar-refractivity contribution in [1.29, 1.82) is 0 Å². The third kappa shape index (κ3) is 3.65. The lowest BCUT2D eigenvalue weighted by Gasteiger charge is -2.36. The third-order valence-corrected chi connectivity index (χ3v) is 5.23. The molecule has 30 heavy (non-hydrogen) atoms. The SMILES string of the molecule is C[C@H](Oc1nc(C2CC(F)(F)C2)c(-c2ccc(F)cc2)c2ccc(O)cc12)C(=O)O. The Kier molecular flexibility index (Phi) is 4.80. The fourth-order valence-electron chi connectivity index (χ4n) is 3.67. The first-order chi connectivity index (χ1) is 14.1. The Morgan fingerprint density at radius 1 is 1.17 bits per heavy atom. The van der Waals surface area contributed by atoms with E-state index in [4.69, 9.17) is 4.74 Å². The predicted octanol–water partition coefficient (Wildman–Crippen LogP) is 5.11. The molecule has 0 amide bonds. The van der Waals surface area contributed by atoms with Crippen LogP contribution in [-0.2, 0) is 4.79 Å². The molecule has 1 saturated carbocycles. The minimum absolute atomic E-state index is 0.0631. The summed E-state index contributed by atoms with van der Waals surface area (Å²) in [6, 6.07) is 9.97. The number of carbonyl (C=O) groups is 1. The van der Waals surface area contributed by atoms with E-state index >= 15 is 0 Å². The van der Waals surface area contributed by atoms with Gasteiger partial charge in [-0.3, -0.25) is 0 Å². The van der Waals surface area contributed by atoms with E-state index < -0.39 is 42.6 Å².